The van der Waals surface area contributed by atoms with E-state index >= 15 is 0 Å². The number of alkyl halides is 2. The lowest BCUT2D eigenvalue weighted by Gasteiger charge is -2.25. The average molecular weight is 321 g/mol. The van der Waals surface area contributed by atoms with Gasteiger partial charge in [-0.15, -0.1) is 23.2 Å². The zero-order valence-corrected chi connectivity index (χ0v) is 12.5. The predicted octanol–water partition coefficient (Wildman–Crippen LogP) is 2.57. The Hall–Kier alpha value is -1.53. The van der Waals surface area contributed by atoms with Crippen LogP contribution in [0.15, 0.2) is 18.2 Å². The number of nitro benzene ring substituents is 1. The van der Waals surface area contributed by atoms with Crippen LogP contribution in [0, 0.1) is 10.1 Å². The van der Waals surface area contributed by atoms with E-state index in [-0.39, 0.29) is 28.8 Å². The molecule has 0 atom stereocenters. The molecule has 0 fully saturated rings. The third kappa shape index (κ3) is 3.74. The molecule has 0 aliphatic heterocycles. The standard InChI is InChI=1S/C12H14Cl2N2O4/c1-12(6-13,7-14)15-11(17)8-3-4-9(16(18)19)10(5-8)20-2/h3-5H,6-7H2,1-2H3,(H,15,17). The van der Waals surface area contributed by atoms with Gasteiger partial charge in [0, 0.05) is 29.5 Å². The Kier molecular flexibility index (Phi) is 5.59. The van der Waals surface area contributed by atoms with Crippen molar-refractivity contribution in [3.05, 3.63) is 33.9 Å². The van der Waals surface area contributed by atoms with Gasteiger partial charge in [0.15, 0.2) is 5.75 Å². The summed E-state index contributed by atoms with van der Waals surface area (Å²) in [6, 6.07) is 3.86. The summed E-state index contributed by atoms with van der Waals surface area (Å²) in [5.41, 5.74) is -0.731. The molecule has 6 nitrogen and oxygen atoms in total. The second-order valence-corrected chi connectivity index (χ2v) is 4.96. The van der Waals surface area contributed by atoms with Crippen LogP contribution < -0.4 is 10.1 Å². The summed E-state index contributed by atoms with van der Waals surface area (Å²) in [6.07, 6.45) is 0. The minimum Gasteiger partial charge on any atom is -0.490 e. The van der Waals surface area contributed by atoms with Gasteiger partial charge in [0.25, 0.3) is 5.91 Å². The molecular weight excluding hydrogens is 307 g/mol. The first-order valence-corrected chi connectivity index (χ1v) is 6.70. The highest BCUT2D eigenvalue weighted by Crippen LogP contribution is 2.27. The lowest BCUT2D eigenvalue weighted by atomic mass is 10.1. The summed E-state index contributed by atoms with van der Waals surface area (Å²) >= 11 is 11.5. The average Bonchev–Trinajstić information content (AvgIpc) is 2.46. The molecule has 0 aromatic heterocycles. The molecule has 0 aliphatic carbocycles. The first kappa shape index (κ1) is 16.5. The fourth-order valence-electron chi connectivity index (χ4n) is 1.42. The van der Waals surface area contributed by atoms with Crippen molar-refractivity contribution in [1.82, 2.24) is 5.32 Å². The normalized spacial score (nSPS) is 11.0. The fourth-order valence-corrected chi connectivity index (χ4v) is 1.84. The van der Waals surface area contributed by atoms with Gasteiger partial charge in [0.05, 0.1) is 17.6 Å². The minimum atomic E-state index is -0.755. The number of nitrogens with zero attached hydrogens (tertiary/aromatic N) is 1. The summed E-state index contributed by atoms with van der Waals surface area (Å²) in [5.74, 6) is -0.123. The smallest absolute Gasteiger partial charge is 0.310 e. The highest BCUT2D eigenvalue weighted by molar-refractivity contribution is 6.22. The van der Waals surface area contributed by atoms with Crippen LogP contribution in [0.2, 0.25) is 0 Å². The molecule has 0 aliphatic rings. The van der Waals surface area contributed by atoms with Crippen molar-refractivity contribution in [3.63, 3.8) is 0 Å². The maximum absolute atomic E-state index is 12.1. The van der Waals surface area contributed by atoms with Gasteiger partial charge >= 0.3 is 5.69 Å². The van der Waals surface area contributed by atoms with Gasteiger partial charge in [-0.2, -0.15) is 0 Å². The largest absolute Gasteiger partial charge is 0.490 e. The maximum atomic E-state index is 12.1. The first-order valence-electron chi connectivity index (χ1n) is 5.63. The number of methoxy groups -OCH3 is 1. The number of carbonyl (C=O) groups is 1. The molecule has 1 N–H and O–H groups in total. The molecule has 0 radical (unpaired) electrons. The van der Waals surface area contributed by atoms with Crippen molar-refractivity contribution in [3.8, 4) is 5.75 Å². The lowest BCUT2D eigenvalue weighted by Crippen LogP contribution is -2.49. The van der Waals surface area contributed by atoms with Gasteiger partial charge in [0.2, 0.25) is 0 Å². The van der Waals surface area contributed by atoms with E-state index in [0.717, 1.165) is 0 Å². The van der Waals surface area contributed by atoms with Crippen molar-refractivity contribution in [1.29, 1.82) is 0 Å². The number of nitro groups is 1. The van der Waals surface area contributed by atoms with Crippen molar-refractivity contribution < 1.29 is 14.5 Å². The molecule has 8 heteroatoms. The number of carbonyl (C=O) groups excluding carboxylic acids is 1. The van der Waals surface area contributed by atoms with Gasteiger partial charge in [-0.25, -0.2) is 0 Å². The molecule has 0 saturated carbocycles. The number of benzene rings is 1. The zero-order chi connectivity index (χ0) is 15.3. The molecule has 0 heterocycles. The summed E-state index contributed by atoms with van der Waals surface area (Å²) in [7, 11) is 1.30. The van der Waals surface area contributed by atoms with Crippen LogP contribution in [0.4, 0.5) is 5.69 Å². The van der Waals surface area contributed by atoms with Crippen LogP contribution in [0.3, 0.4) is 0 Å². The van der Waals surface area contributed by atoms with E-state index < -0.39 is 16.4 Å². The molecule has 0 bridgehead atoms. The van der Waals surface area contributed by atoms with E-state index in [0.29, 0.717) is 0 Å². The Morgan fingerprint density at radius 3 is 2.50 bits per heavy atom. The van der Waals surface area contributed by atoms with Gasteiger partial charge in [0.1, 0.15) is 0 Å². The second-order valence-electron chi connectivity index (χ2n) is 4.43. The SMILES string of the molecule is COc1cc(C(=O)NC(C)(CCl)CCl)ccc1[N+](=O)[O-]. The van der Waals surface area contributed by atoms with Crippen molar-refractivity contribution in [2.24, 2.45) is 0 Å². The fraction of sp³-hybridized carbons (Fsp3) is 0.417. The van der Waals surface area contributed by atoms with Crippen LogP contribution in [-0.4, -0.2) is 35.2 Å². The molecular formula is C12H14Cl2N2O4. The third-order valence-electron chi connectivity index (χ3n) is 2.64. The Labute approximate surface area is 126 Å². The van der Waals surface area contributed by atoms with Gasteiger partial charge < -0.3 is 10.1 Å². The van der Waals surface area contributed by atoms with E-state index in [2.05, 4.69) is 5.32 Å². The molecule has 1 aromatic rings. The van der Waals surface area contributed by atoms with Crippen LogP contribution in [0.1, 0.15) is 17.3 Å². The highest BCUT2D eigenvalue weighted by atomic mass is 35.5. The molecule has 1 aromatic carbocycles. The molecule has 20 heavy (non-hydrogen) atoms. The molecule has 0 saturated heterocycles. The van der Waals surface area contributed by atoms with E-state index in [4.69, 9.17) is 27.9 Å². The maximum Gasteiger partial charge on any atom is 0.310 e. The van der Waals surface area contributed by atoms with Crippen molar-refractivity contribution >= 4 is 34.8 Å². The van der Waals surface area contributed by atoms with Crippen LogP contribution in [0.5, 0.6) is 5.75 Å². The zero-order valence-electron chi connectivity index (χ0n) is 11.0. The van der Waals surface area contributed by atoms with Crippen molar-refractivity contribution in [2.45, 2.75) is 12.5 Å². The Bertz CT molecular complexity index is 518. The van der Waals surface area contributed by atoms with Gasteiger partial charge in [-0.05, 0) is 13.0 Å². The number of ether oxygens (including phenoxy) is 1. The molecule has 110 valence electrons. The van der Waals surface area contributed by atoms with Gasteiger partial charge in [-0.1, -0.05) is 0 Å². The number of halogens is 2. The number of amides is 1. The molecule has 1 amide bonds. The summed E-state index contributed by atoms with van der Waals surface area (Å²) in [6.45, 7) is 1.70. The third-order valence-corrected chi connectivity index (χ3v) is 3.82. The first-order chi connectivity index (χ1) is 9.36. The Balaban J connectivity index is 3.03. The van der Waals surface area contributed by atoms with Crippen LogP contribution in [-0.2, 0) is 0 Å². The molecule has 0 unspecified atom stereocenters. The summed E-state index contributed by atoms with van der Waals surface area (Å²) in [4.78, 5) is 22.3. The van der Waals surface area contributed by atoms with Crippen LogP contribution >= 0.6 is 23.2 Å². The molecule has 1 rings (SSSR count). The van der Waals surface area contributed by atoms with Gasteiger partial charge in [-0.3, -0.25) is 14.9 Å². The topological polar surface area (TPSA) is 81.5 Å². The highest BCUT2D eigenvalue weighted by Gasteiger charge is 2.26. The summed E-state index contributed by atoms with van der Waals surface area (Å²) in [5, 5.41) is 13.5. The number of hydrogen-bond donors (Lipinski definition) is 1. The van der Waals surface area contributed by atoms with E-state index in [1.54, 1.807) is 6.92 Å². The second kappa shape index (κ2) is 6.76. The predicted molar refractivity (Wildman–Crippen MR) is 77.0 cm³/mol. The number of hydrogen-bond acceptors (Lipinski definition) is 4. The van der Waals surface area contributed by atoms with E-state index in [1.165, 1.54) is 25.3 Å². The van der Waals surface area contributed by atoms with E-state index in [1.807, 2.05) is 0 Å². The number of rotatable bonds is 6. The molecule has 0 spiro atoms. The lowest BCUT2D eigenvalue weighted by molar-refractivity contribution is -0.385. The van der Waals surface area contributed by atoms with Crippen molar-refractivity contribution in [2.75, 3.05) is 18.9 Å². The summed E-state index contributed by atoms with van der Waals surface area (Å²) < 4.78 is 4.91. The number of nitrogens with one attached hydrogen (secondary N) is 1. The Morgan fingerprint density at radius 2 is 2.05 bits per heavy atom. The Morgan fingerprint density at radius 1 is 1.45 bits per heavy atom. The van der Waals surface area contributed by atoms with E-state index in [9.17, 15) is 14.9 Å². The minimum absolute atomic E-state index is 0.0149. The monoisotopic (exact) mass is 320 g/mol. The van der Waals surface area contributed by atoms with Crippen LogP contribution in [0.25, 0.3) is 0 Å². The quantitative estimate of drug-likeness (QED) is 0.496.